The fourth-order valence-corrected chi connectivity index (χ4v) is 3.68. The molecule has 5 nitrogen and oxygen atoms in total. The Bertz CT molecular complexity index is 700. The van der Waals surface area contributed by atoms with Crippen molar-refractivity contribution in [1.29, 1.82) is 0 Å². The third-order valence-electron chi connectivity index (χ3n) is 3.76. The molecule has 2 aromatic rings. The van der Waals surface area contributed by atoms with Gasteiger partial charge in [-0.2, -0.15) is 0 Å². The molecule has 2 amide bonds. The Labute approximate surface area is 139 Å². The Morgan fingerprint density at radius 3 is 3.00 bits per heavy atom. The summed E-state index contributed by atoms with van der Waals surface area (Å²) in [6.07, 6.45) is 0. The number of hydrogen-bond donors (Lipinski definition) is 2. The lowest BCUT2D eigenvalue weighted by Gasteiger charge is -2.34. The lowest BCUT2D eigenvalue weighted by Crippen LogP contribution is -2.49. The summed E-state index contributed by atoms with van der Waals surface area (Å²) in [6, 6.07) is 11.5. The van der Waals surface area contributed by atoms with Crippen LogP contribution < -0.4 is 10.6 Å². The highest BCUT2D eigenvalue weighted by atomic mass is 32.1. The second-order valence-corrected chi connectivity index (χ2v) is 6.54. The van der Waals surface area contributed by atoms with E-state index < -0.39 is 0 Å². The molecule has 120 valence electrons. The summed E-state index contributed by atoms with van der Waals surface area (Å²) in [5.74, 6) is -0.0346. The zero-order valence-electron chi connectivity index (χ0n) is 12.9. The molecule has 0 unspecified atom stereocenters. The van der Waals surface area contributed by atoms with Gasteiger partial charge < -0.3 is 10.6 Å². The molecular formula is C17H19N3O2S. The zero-order valence-corrected chi connectivity index (χ0v) is 13.7. The van der Waals surface area contributed by atoms with Gasteiger partial charge in [0, 0.05) is 37.1 Å². The third kappa shape index (κ3) is 3.78. The number of piperazine rings is 1. The van der Waals surface area contributed by atoms with Crippen molar-refractivity contribution in [2.45, 2.75) is 19.5 Å². The maximum atomic E-state index is 12.3. The molecule has 2 N–H and O–H groups in total. The van der Waals surface area contributed by atoms with Crippen molar-refractivity contribution < 1.29 is 9.59 Å². The van der Waals surface area contributed by atoms with Crippen LogP contribution in [0, 0.1) is 0 Å². The van der Waals surface area contributed by atoms with Gasteiger partial charge in [0.05, 0.1) is 0 Å². The van der Waals surface area contributed by atoms with Gasteiger partial charge in [-0.1, -0.05) is 18.2 Å². The molecule has 1 aliphatic heterocycles. The molecule has 0 aliphatic carbocycles. The molecular weight excluding hydrogens is 310 g/mol. The second kappa shape index (κ2) is 6.93. The first kappa shape index (κ1) is 15.7. The van der Waals surface area contributed by atoms with E-state index in [9.17, 15) is 9.59 Å². The van der Waals surface area contributed by atoms with Crippen LogP contribution in [0.1, 0.15) is 23.4 Å². The van der Waals surface area contributed by atoms with Crippen molar-refractivity contribution in [3.05, 3.63) is 52.2 Å². The Morgan fingerprint density at radius 1 is 1.39 bits per heavy atom. The standard InChI is InChI=1S/C17H19N3O2S/c1-12(21)19-14-5-2-4-13(10-14)11-20-8-7-18-17(22)16(20)15-6-3-9-23-15/h2-6,9-10,16H,7-8,11H2,1H3,(H,18,22)(H,19,21)/t16-/m1/s1. The number of benzene rings is 1. The predicted octanol–water partition coefficient (Wildman–Crippen LogP) is 2.38. The molecule has 23 heavy (non-hydrogen) atoms. The van der Waals surface area contributed by atoms with Crippen LogP contribution in [0.3, 0.4) is 0 Å². The fourth-order valence-electron chi connectivity index (χ4n) is 2.83. The molecule has 1 fully saturated rings. The highest BCUT2D eigenvalue weighted by Gasteiger charge is 2.31. The highest BCUT2D eigenvalue weighted by Crippen LogP contribution is 2.28. The fraction of sp³-hybridized carbons (Fsp3) is 0.294. The van der Waals surface area contributed by atoms with E-state index in [0.717, 1.165) is 22.7 Å². The van der Waals surface area contributed by atoms with Crippen molar-refractivity contribution in [3.8, 4) is 0 Å². The third-order valence-corrected chi connectivity index (χ3v) is 4.68. The van der Waals surface area contributed by atoms with Gasteiger partial charge in [0.1, 0.15) is 6.04 Å². The molecule has 3 rings (SSSR count). The maximum absolute atomic E-state index is 12.3. The lowest BCUT2D eigenvalue weighted by molar-refractivity contribution is -0.129. The van der Waals surface area contributed by atoms with E-state index in [2.05, 4.69) is 15.5 Å². The van der Waals surface area contributed by atoms with E-state index in [1.54, 1.807) is 11.3 Å². The van der Waals surface area contributed by atoms with Gasteiger partial charge in [-0.15, -0.1) is 11.3 Å². The zero-order chi connectivity index (χ0) is 16.2. The Morgan fingerprint density at radius 2 is 2.26 bits per heavy atom. The number of carbonyl (C=O) groups is 2. The minimum atomic E-state index is -0.242. The molecule has 1 saturated heterocycles. The second-order valence-electron chi connectivity index (χ2n) is 5.56. The quantitative estimate of drug-likeness (QED) is 0.905. The molecule has 6 heteroatoms. The van der Waals surface area contributed by atoms with Crippen molar-refractivity contribution in [3.63, 3.8) is 0 Å². The summed E-state index contributed by atoms with van der Waals surface area (Å²) in [7, 11) is 0. The first-order valence-electron chi connectivity index (χ1n) is 7.55. The van der Waals surface area contributed by atoms with Gasteiger partial charge >= 0.3 is 0 Å². The smallest absolute Gasteiger partial charge is 0.242 e. The Balaban J connectivity index is 1.80. The van der Waals surface area contributed by atoms with E-state index in [4.69, 9.17) is 0 Å². The van der Waals surface area contributed by atoms with Crippen LogP contribution in [0.5, 0.6) is 0 Å². The minimum absolute atomic E-state index is 0.0525. The summed E-state index contributed by atoms with van der Waals surface area (Å²) in [5, 5.41) is 7.73. The molecule has 1 aromatic carbocycles. The van der Waals surface area contributed by atoms with Crippen molar-refractivity contribution >= 4 is 28.8 Å². The van der Waals surface area contributed by atoms with Crippen molar-refractivity contribution in [2.24, 2.45) is 0 Å². The van der Waals surface area contributed by atoms with Crippen LogP contribution in [0.25, 0.3) is 0 Å². The van der Waals surface area contributed by atoms with E-state index in [0.29, 0.717) is 13.1 Å². The van der Waals surface area contributed by atoms with Crippen LogP contribution in [-0.2, 0) is 16.1 Å². The number of hydrogen-bond acceptors (Lipinski definition) is 4. The monoisotopic (exact) mass is 329 g/mol. The summed E-state index contributed by atoms with van der Waals surface area (Å²) in [4.78, 5) is 26.7. The molecule has 2 heterocycles. The van der Waals surface area contributed by atoms with Crippen LogP contribution >= 0.6 is 11.3 Å². The average molecular weight is 329 g/mol. The SMILES string of the molecule is CC(=O)Nc1cccc(CN2CCNC(=O)[C@H]2c2cccs2)c1. The van der Waals surface area contributed by atoms with E-state index in [1.165, 1.54) is 6.92 Å². The number of nitrogens with zero attached hydrogens (tertiary/aromatic N) is 1. The molecule has 0 saturated carbocycles. The molecule has 1 atom stereocenters. The van der Waals surface area contributed by atoms with Crippen LogP contribution in [-0.4, -0.2) is 29.8 Å². The first-order chi connectivity index (χ1) is 11.1. The summed E-state index contributed by atoms with van der Waals surface area (Å²) < 4.78 is 0. The largest absolute Gasteiger partial charge is 0.353 e. The molecule has 0 bridgehead atoms. The number of anilines is 1. The van der Waals surface area contributed by atoms with Gasteiger partial charge in [0.25, 0.3) is 0 Å². The van der Waals surface area contributed by atoms with Crippen LogP contribution in [0.15, 0.2) is 41.8 Å². The number of carbonyl (C=O) groups excluding carboxylic acids is 2. The number of nitrogens with one attached hydrogen (secondary N) is 2. The predicted molar refractivity (Wildman–Crippen MR) is 91.2 cm³/mol. The average Bonchev–Trinajstić information content (AvgIpc) is 3.01. The van der Waals surface area contributed by atoms with Gasteiger partial charge in [-0.25, -0.2) is 0 Å². The topological polar surface area (TPSA) is 61.4 Å². The number of amides is 2. The van der Waals surface area contributed by atoms with E-state index >= 15 is 0 Å². The Kier molecular flexibility index (Phi) is 4.73. The number of thiophene rings is 1. The van der Waals surface area contributed by atoms with Gasteiger partial charge in [0.2, 0.25) is 11.8 Å². The lowest BCUT2D eigenvalue weighted by atomic mass is 10.1. The van der Waals surface area contributed by atoms with Gasteiger partial charge in [0.15, 0.2) is 0 Å². The van der Waals surface area contributed by atoms with Crippen molar-refractivity contribution in [1.82, 2.24) is 10.2 Å². The molecule has 0 spiro atoms. The summed E-state index contributed by atoms with van der Waals surface area (Å²) in [5.41, 5.74) is 1.86. The maximum Gasteiger partial charge on any atom is 0.242 e. The molecule has 1 aliphatic rings. The van der Waals surface area contributed by atoms with E-state index in [-0.39, 0.29) is 17.9 Å². The first-order valence-corrected chi connectivity index (χ1v) is 8.43. The summed E-state index contributed by atoms with van der Waals surface area (Å²) in [6.45, 7) is 3.63. The van der Waals surface area contributed by atoms with Crippen LogP contribution in [0.4, 0.5) is 5.69 Å². The highest BCUT2D eigenvalue weighted by molar-refractivity contribution is 7.10. The normalized spacial score (nSPS) is 18.5. The van der Waals surface area contributed by atoms with E-state index in [1.807, 2.05) is 41.8 Å². The Hall–Kier alpha value is -2.18. The molecule has 1 aromatic heterocycles. The van der Waals surface area contributed by atoms with Crippen molar-refractivity contribution in [2.75, 3.05) is 18.4 Å². The summed E-state index contributed by atoms with van der Waals surface area (Å²) >= 11 is 1.60. The minimum Gasteiger partial charge on any atom is -0.353 e. The number of rotatable bonds is 4. The van der Waals surface area contributed by atoms with Gasteiger partial charge in [-0.05, 0) is 29.1 Å². The molecule has 0 radical (unpaired) electrons. The van der Waals surface area contributed by atoms with Gasteiger partial charge in [-0.3, -0.25) is 14.5 Å². The van der Waals surface area contributed by atoms with Crippen LogP contribution in [0.2, 0.25) is 0 Å².